The van der Waals surface area contributed by atoms with E-state index in [-0.39, 0.29) is 17.1 Å². The van der Waals surface area contributed by atoms with Gasteiger partial charge in [-0.05, 0) is 43.7 Å². The molecular weight excluding hydrogens is 424 g/mol. The van der Waals surface area contributed by atoms with Crippen molar-refractivity contribution in [2.75, 3.05) is 11.5 Å². The maximum absolute atomic E-state index is 13.6. The molecule has 4 aromatic rings. The number of benzene rings is 2. The quantitative estimate of drug-likeness (QED) is 0.397. The summed E-state index contributed by atoms with van der Waals surface area (Å²) in [6.45, 7) is 7.82. The van der Waals surface area contributed by atoms with Crippen LogP contribution in [0.3, 0.4) is 0 Å². The van der Waals surface area contributed by atoms with Gasteiger partial charge in [-0.2, -0.15) is 0 Å². The summed E-state index contributed by atoms with van der Waals surface area (Å²) in [4.78, 5) is 33.2. The van der Waals surface area contributed by atoms with Gasteiger partial charge in [-0.1, -0.05) is 36.4 Å². The lowest BCUT2D eigenvalue weighted by Crippen LogP contribution is -2.29. The van der Waals surface area contributed by atoms with Crippen molar-refractivity contribution in [2.45, 2.75) is 19.9 Å². The van der Waals surface area contributed by atoms with Crippen LogP contribution in [0, 0.1) is 13.8 Å². The monoisotopic (exact) mass is 444 g/mol. The number of carbonyl (C=O) groups is 1. The number of carbonyl (C=O) groups excluding carboxylic acids is 1. The zero-order valence-electron chi connectivity index (χ0n) is 17.6. The molecule has 0 saturated carbocycles. The van der Waals surface area contributed by atoms with E-state index in [1.807, 2.05) is 49.6 Å². The van der Waals surface area contributed by atoms with Crippen LogP contribution >= 0.6 is 11.3 Å². The fourth-order valence-electron chi connectivity index (χ4n) is 3.98. The molecular formula is C25H20N2O4S. The van der Waals surface area contributed by atoms with E-state index in [9.17, 15) is 9.59 Å². The second-order valence-corrected chi connectivity index (χ2v) is 8.53. The predicted molar refractivity (Wildman–Crippen MR) is 125 cm³/mol. The van der Waals surface area contributed by atoms with Crippen molar-refractivity contribution in [3.63, 3.8) is 0 Å². The molecule has 0 fully saturated rings. The zero-order chi connectivity index (χ0) is 22.4. The highest BCUT2D eigenvalue weighted by atomic mass is 32.1. The van der Waals surface area contributed by atoms with Crippen molar-refractivity contribution >= 4 is 33.3 Å². The van der Waals surface area contributed by atoms with Crippen molar-refractivity contribution in [3.05, 3.63) is 98.9 Å². The molecule has 1 aliphatic rings. The van der Waals surface area contributed by atoms with Gasteiger partial charge in [0, 0.05) is 5.38 Å². The molecule has 5 rings (SSSR count). The highest BCUT2D eigenvalue weighted by Crippen LogP contribution is 2.42. The molecule has 160 valence electrons. The molecule has 0 bridgehead atoms. The van der Waals surface area contributed by atoms with Crippen LogP contribution in [0.4, 0.5) is 5.13 Å². The Bertz CT molecular complexity index is 1440. The molecule has 7 heteroatoms. The number of hydrogen-bond donors (Lipinski definition) is 0. The van der Waals surface area contributed by atoms with Crippen molar-refractivity contribution in [1.82, 2.24) is 4.98 Å². The van der Waals surface area contributed by atoms with Crippen LogP contribution < -0.4 is 15.1 Å². The Hall–Kier alpha value is -3.71. The van der Waals surface area contributed by atoms with Gasteiger partial charge >= 0.3 is 0 Å². The van der Waals surface area contributed by atoms with Crippen molar-refractivity contribution < 1.29 is 13.9 Å². The first-order valence-electron chi connectivity index (χ1n) is 10.1. The maximum atomic E-state index is 13.6. The van der Waals surface area contributed by atoms with Gasteiger partial charge in [-0.25, -0.2) is 4.98 Å². The van der Waals surface area contributed by atoms with E-state index < -0.39 is 6.04 Å². The summed E-state index contributed by atoms with van der Waals surface area (Å²) in [7, 11) is 0. The molecule has 0 aliphatic carbocycles. The number of anilines is 1. The standard InChI is InChI=1S/C25H20N2O4S/c1-4-10-30-17-7-5-6-16(12-17)21-20-22(28)18-11-14(2)8-9-19(18)31-23(20)24(29)27(21)25-26-15(3)13-32-25/h4-9,11-13,21H,1,10H2,2-3H3. The number of thiazole rings is 1. The Labute approximate surface area is 188 Å². The minimum absolute atomic E-state index is 0.0571. The molecule has 1 aliphatic heterocycles. The van der Waals surface area contributed by atoms with E-state index in [0.717, 1.165) is 16.8 Å². The van der Waals surface area contributed by atoms with Crippen molar-refractivity contribution in [2.24, 2.45) is 0 Å². The first-order valence-corrected chi connectivity index (χ1v) is 11.0. The van der Waals surface area contributed by atoms with Gasteiger partial charge in [0.05, 0.1) is 22.7 Å². The average molecular weight is 445 g/mol. The van der Waals surface area contributed by atoms with Crippen LogP contribution in [0.1, 0.15) is 39.0 Å². The van der Waals surface area contributed by atoms with E-state index in [1.165, 1.54) is 11.3 Å². The molecule has 1 unspecified atom stereocenters. The van der Waals surface area contributed by atoms with Crippen molar-refractivity contribution in [3.8, 4) is 5.75 Å². The number of nitrogens with zero attached hydrogens (tertiary/aromatic N) is 2. The summed E-state index contributed by atoms with van der Waals surface area (Å²) in [6, 6.07) is 12.1. The van der Waals surface area contributed by atoms with Crippen LogP contribution in [-0.4, -0.2) is 17.5 Å². The molecule has 0 saturated heterocycles. The number of amides is 1. The SMILES string of the molecule is C=CCOc1cccc(C2c3c(oc4ccc(C)cc4c3=O)C(=O)N2c2nc(C)cs2)c1. The van der Waals surface area contributed by atoms with Gasteiger partial charge in [-0.3, -0.25) is 14.5 Å². The summed E-state index contributed by atoms with van der Waals surface area (Å²) in [6.07, 6.45) is 1.66. The number of ether oxygens (including phenoxy) is 1. The lowest BCUT2D eigenvalue weighted by Gasteiger charge is -2.23. The van der Waals surface area contributed by atoms with Gasteiger partial charge in [0.25, 0.3) is 5.91 Å². The second-order valence-electron chi connectivity index (χ2n) is 7.69. The van der Waals surface area contributed by atoms with Crippen LogP contribution in [0.5, 0.6) is 5.75 Å². The summed E-state index contributed by atoms with van der Waals surface area (Å²) < 4.78 is 11.7. The van der Waals surface area contributed by atoms with Crippen LogP contribution in [0.25, 0.3) is 11.0 Å². The lowest BCUT2D eigenvalue weighted by molar-refractivity contribution is 0.0971. The molecule has 0 radical (unpaired) electrons. The highest BCUT2D eigenvalue weighted by molar-refractivity contribution is 7.14. The average Bonchev–Trinajstić information content (AvgIpc) is 3.34. The predicted octanol–water partition coefficient (Wildman–Crippen LogP) is 5.18. The zero-order valence-corrected chi connectivity index (χ0v) is 18.4. The Morgan fingerprint density at radius 3 is 2.81 bits per heavy atom. The first kappa shape index (κ1) is 20.2. The van der Waals surface area contributed by atoms with Gasteiger partial charge in [0.1, 0.15) is 17.9 Å². The van der Waals surface area contributed by atoms with Gasteiger partial charge < -0.3 is 9.15 Å². The van der Waals surface area contributed by atoms with E-state index in [4.69, 9.17) is 9.15 Å². The Morgan fingerprint density at radius 2 is 2.06 bits per heavy atom. The van der Waals surface area contributed by atoms with E-state index in [0.29, 0.717) is 34.0 Å². The first-order chi connectivity index (χ1) is 15.5. The second kappa shape index (κ2) is 7.76. The molecule has 1 amide bonds. The number of rotatable bonds is 5. The fraction of sp³-hybridized carbons (Fsp3) is 0.160. The topological polar surface area (TPSA) is 72.6 Å². The fourth-order valence-corrected chi connectivity index (χ4v) is 4.81. The summed E-state index contributed by atoms with van der Waals surface area (Å²) in [5.41, 5.74) is 2.99. The number of aromatic nitrogens is 1. The summed E-state index contributed by atoms with van der Waals surface area (Å²) in [5.74, 6) is 0.303. The number of hydrogen-bond acceptors (Lipinski definition) is 6. The normalized spacial score (nSPS) is 15.2. The van der Waals surface area contributed by atoms with E-state index >= 15 is 0 Å². The van der Waals surface area contributed by atoms with Crippen LogP contribution in [-0.2, 0) is 0 Å². The highest BCUT2D eigenvalue weighted by Gasteiger charge is 2.45. The maximum Gasteiger partial charge on any atom is 0.297 e. The summed E-state index contributed by atoms with van der Waals surface area (Å²) >= 11 is 1.36. The Balaban J connectivity index is 1.77. The smallest absolute Gasteiger partial charge is 0.297 e. The number of fused-ring (bicyclic) bond motifs is 2. The Morgan fingerprint density at radius 1 is 1.22 bits per heavy atom. The largest absolute Gasteiger partial charge is 0.490 e. The van der Waals surface area contributed by atoms with E-state index in [2.05, 4.69) is 11.6 Å². The van der Waals surface area contributed by atoms with Gasteiger partial charge in [0.15, 0.2) is 10.6 Å². The molecule has 0 spiro atoms. The van der Waals surface area contributed by atoms with E-state index in [1.54, 1.807) is 23.1 Å². The third-order valence-corrected chi connectivity index (χ3v) is 6.34. The minimum atomic E-state index is -0.670. The molecule has 6 nitrogen and oxygen atoms in total. The van der Waals surface area contributed by atoms with Crippen LogP contribution in [0.2, 0.25) is 0 Å². The minimum Gasteiger partial charge on any atom is -0.490 e. The molecule has 2 aromatic carbocycles. The molecule has 0 N–H and O–H groups in total. The third-order valence-electron chi connectivity index (χ3n) is 5.38. The van der Waals surface area contributed by atoms with Gasteiger partial charge in [-0.15, -0.1) is 11.3 Å². The van der Waals surface area contributed by atoms with Crippen LogP contribution in [0.15, 0.2) is 69.7 Å². The van der Waals surface area contributed by atoms with Gasteiger partial charge in [0.2, 0.25) is 5.76 Å². The molecule has 1 atom stereocenters. The Kier molecular flexibility index (Phi) is 4.90. The van der Waals surface area contributed by atoms with Crippen molar-refractivity contribution in [1.29, 1.82) is 0 Å². The third kappa shape index (κ3) is 3.22. The lowest BCUT2D eigenvalue weighted by atomic mass is 9.98. The molecule has 3 heterocycles. The summed E-state index contributed by atoms with van der Waals surface area (Å²) in [5, 5.41) is 2.85. The molecule has 32 heavy (non-hydrogen) atoms. The number of aryl methyl sites for hydroxylation is 2. The molecule has 2 aromatic heterocycles.